The first kappa shape index (κ1) is 16.7. The summed E-state index contributed by atoms with van der Waals surface area (Å²) in [4.78, 5) is 30.6. The summed E-state index contributed by atoms with van der Waals surface area (Å²) in [5, 5.41) is 6.65. The Kier molecular flexibility index (Phi) is 4.30. The van der Waals surface area contributed by atoms with Gasteiger partial charge in [0, 0.05) is 19.3 Å². The lowest BCUT2D eigenvalue weighted by Gasteiger charge is -2.18. The summed E-state index contributed by atoms with van der Waals surface area (Å²) < 4.78 is 11.4. The zero-order valence-corrected chi connectivity index (χ0v) is 14.5. The molecule has 3 aromatic rings. The lowest BCUT2D eigenvalue weighted by Crippen LogP contribution is -2.22. The minimum atomic E-state index is -0.524. The van der Waals surface area contributed by atoms with E-state index in [9.17, 15) is 9.59 Å². The Labute approximate surface area is 143 Å². The van der Waals surface area contributed by atoms with E-state index >= 15 is 0 Å². The minimum absolute atomic E-state index is 0.223. The van der Waals surface area contributed by atoms with Crippen LogP contribution in [0.1, 0.15) is 34.4 Å². The van der Waals surface area contributed by atoms with Crippen molar-refractivity contribution >= 4 is 17.3 Å². The molecule has 9 nitrogen and oxygen atoms in total. The van der Waals surface area contributed by atoms with E-state index in [4.69, 9.17) is 9.26 Å². The zero-order valence-electron chi connectivity index (χ0n) is 14.5. The van der Waals surface area contributed by atoms with Crippen molar-refractivity contribution in [2.45, 2.75) is 27.3 Å². The average Bonchev–Trinajstić information content (AvgIpc) is 3.11. The largest absolute Gasteiger partial charge is 0.462 e. The average molecular weight is 345 g/mol. The molecule has 1 N–H and O–H groups in total. The van der Waals surface area contributed by atoms with E-state index in [0.29, 0.717) is 18.0 Å². The Balaban J connectivity index is 1.98. The fraction of sp³-hybridized carbons (Fsp3) is 0.375. The summed E-state index contributed by atoms with van der Waals surface area (Å²) in [6, 6.07) is 1.42. The Morgan fingerprint density at radius 1 is 1.44 bits per heavy atom. The lowest BCUT2D eigenvalue weighted by atomic mass is 10.2. The second-order valence-corrected chi connectivity index (χ2v) is 5.68. The molecule has 0 unspecified atom stereocenters. The van der Waals surface area contributed by atoms with Gasteiger partial charge in [-0.15, -0.1) is 0 Å². The van der Waals surface area contributed by atoms with Gasteiger partial charge >= 0.3 is 5.97 Å². The topological polar surface area (TPSA) is 106 Å². The smallest absolute Gasteiger partial charge is 0.343 e. The van der Waals surface area contributed by atoms with Crippen LogP contribution in [0.3, 0.4) is 0 Å². The molecular formula is C16H19N5O4. The Morgan fingerprint density at radius 2 is 2.20 bits per heavy atom. The summed E-state index contributed by atoms with van der Waals surface area (Å²) in [6.07, 6.45) is 1.42. The van der Waals surface area contributed by atoms with Gasteiger partial charge in [0.1, 0.15) is 16.9 Å². The summed E-state index contributed by atoms with van der Waals surface area (Å²) in [5.41, 5.74) is 2.29. The normalized spacial score (nSPS) is 11.0. The predicted molar refractivity (Wildman–Crippen MR) is 89.9 cm³/mol. The molecular weight excluding hydrogens is 326 g/mol. The van der Waals surface area contributed by atoms with Crippen molar-refractivity contribution in [3.63, 3.8) is 0 Å². The van der Waals surface area contributed by atoms with E-state index in [1.54, 1.807) is 6.92 Å². The number of rotatable bonds is 5. The highest BCUT2D eigenvalue weighted by atomic mass is 16.5. The van der Waals surface area contributed by atoms with Crippen LogP contribution in [0.4, 0.5) is 5.69 Å². The molecule has 0 fully saturated rings. The van der Waals surface area contributed by atoms with Gasteiger partial charge in [-0.3, -0.25) is 9.89 Å². The van der Waals surface area contributed by atoms with Crippen molar-refractivity contribution in [3.8, 4) is 0 Å². The number of carbonyl (C=O) groups excluding carboxylic acids is 1. The molecule has 0 radical (unpaired) electrons. The van der Waals surface area contributed by atoms with E-state index < -0.39 is 5.97 Å². The highest BCUT2D eigenvalue weighted by Crippen LogP contribution is 2.24. The highest BCUT2D eigenvalue weighted by Gasteiger charge is 2.18. The molecule has 0 saturated carbocycles. The number of aryl methyl sites for hydroxylation is 2. The maximum Gasteiger partial charge on any atom is 0.343 e. The van der Waals surface area contributed by atoms with Crippen molar-refractivity contribution < 1.29 is 14.1 Å². The van der Waals surface area contributed by atoms with Gasteiger partial charge in [0.15, 0.2) is 11.4 Å². The summed E-state index contributed by atoms with van der Waals surface area (Å²) in [5.74, 6) is 0.163. The van der Waals surface area contributed by atoms with Crippen molar-refractivity contribution in [2.75, 3.05) is 18.6 Å². The lowest BCUT2D eigenvalue weighted by molar-refractivity contribution is 0.0528. The molecule has 3 heterocycles. The molecule has 0 aliphatic carbocycles. The van der Waals surface area contributed by atoms with Gasteiger partial charge < -0.3 is 14.2 Å². The number of esters is 1. The molecule has 0 bridgehead atoms. The number of aromatic amines is 1. The van der Waals surface area contributed by atoms with E-state index in [-0.39, 0.29) is 23.4 Å². The van der Waals surface area contributed by atoms with Crippen LogP contribution in [0, 0.1) is 13.8 Å². The minimum Gasteiger partial charge on any atom is -0.462 e. The van der Waals surface area contributed by atoms with Gasteiger partial charge in [-0.25, -0.2) is 14.3 Å². The van der Waals surface area contributed by atoms with Crippen LogP contribution >= 0.6 is 0 Å². The van der Waals surface area contributed by atoms with Gasteiger partial charge in [0.25, 0.3) is 5.56 Å². The van der Waals surface area contributed by atoms with Crippen molar-refractivity contribution in [1.82, 2.24) is 19.8 Å². The number of nitrogens with zero attached hydrogens (tertiary/aromatic N) is 4. The van der Waals surface area contributed by atoms with Gasteiger partial charge in [-0.1, -0.05) is 5.16 Å². The number of nitrogens with one attached hydrogen (secondary N) is 1. The molecule has 0 aliphatic heterocycles. The van der Waals surface area contributed by atoms with E-state index in [2.05, 4.69) is 15.2 Å². The summed E-state index contributed by atoms with van der Waals surface area (Å²) in [7, 11) is 1.86. The first-order valence-electron chi connectivity index (χ1n) is 7.83. The fourth-order valence-corrected chi connectivity index (χ4v) is 2.81. The second-order valence-electron chi connectivity index (χ2n) is 5.68. The third kappa shape index (κ3) is 3.00. The number of fused-ring (bicyclic) bond motifs is 1. The SMILES string of the molecule is CCOC(=O)c1c[nH]n2c(=O)cc(CN(C)c3c(C)noc3C)nc12. The van der Waals surface area contributed by atoms with Crippen molar-refractivity contribution in [2.24, 2.45) is 0 Å². The molecule has 0 atom stereocenters. The third-order valence-corrected chi connectivity index (χ3v) is 3.82. The van der Waals surface area contributed by atoms with Crippen molar-refractivity contribution in [1.29, 1.82) is 0 Å². The number of carbonyl (C=O) groups is 1. The van der Waals surface area contributed by atoms with Crippen LogP contribution in [0.2, 0.25) is 0 Å². The van der Waals surface area contributed by atoms with Crippen LogP contribution in [-0.4, -0.2) is 39.4 Å². The van der Waals surface area contributed by atoms with Crippen LogP contribution in [0.5, 0.6) is 0 Å². The highest BCUT2D eigenvalue weighted by molar-refractivity contribution is 5.95. The quantitative estimate of drug-likeness (QED) is 0.697. The van der Waals surface area contributed by atoms with Crippen LogP contribution in [0.15, 0.2) is 21.6 Å². The molecule has 0 saturated heterocycles. The van der Waals surface area contributed by atoms with Crippen LogP contribution < -0.4 is 10.5 Å². The van der Waals surface area contributed by atoms with Gasteiger partial charge in [-0.05, 0) is 20.8 Å². The standard InChI is InChI=1S/C16H19N5O4/c1-5-24-16(23)12-7-17-21-13(22)6-11(18-15(12)21)8-20(4)14-9(2)19-25-10(14)3/h6-7,17H,5,8H2,1-4H3. The molecule has 0 aliphatic rings. The maximum atomic E-state index is 12.3. The molecule has 0 spiro atoms. The molecule has 0 amide bonds. The summed E-state index contributed by atoms with van der Waals surface area (Å²) >= 11 is 0. The van der Waals surface area contributed by atoms with Crippen LogP contribution in [0.25, 0.3) is 5.65 Å². The van der Waals surface area contributed by atoms with E-state index in [0.717, 1.165) is 11.4 Å². The first-order chi connectivity index (χ1) is 11.9. The molecule has 3 aromatic heterocycles. The van der Waals surface area contributed by atoms with Gasteiger partial charge in [0.2, 0.25) is 0 Å². The molecule has 3 rings (SSSR count). The Hall–Kier alpha value is -3.10. The molecule has 9 heteroatoms. The first-order valence-corrected chi connectivity index (χ1v) is 7.83. The van der Waals surface area contributed by atoms with Gasteiger partial charge in [-0.2, -0.15) is 0 Å². The van der Waals surface area contributed by atoms with E-state index in [1.807, 2.05) is 25.8 Å². The number of H-pyrrole nitrogens is 1. The fourth-order valence-electron chi connectivity index (χ4n) is 2.81. The van der Waals surface area contributed by atoms with Crippen LogP contribution in [-0.2, 0) is 11.3 Å². The number of hydrogen-bond donors (Lipinski definition) is 1. The third-order valence-electron chi connectivity index (χ3n) is 3.82. The number of ether oxygens (including phenoxy) is 1. The van der Waals surface area contributed by atoms with Gasteiger partial charge in [0.05, 0.1) is 18.8 Å². The number of anilines is 1. The molecule has 0 aromatic carbocycles. The Morgan fingerprint density at radius 3 is 2.84 bits per heavy atom. The molecule has 25 heavy (non-hydrogen) atoms. The number of aromatic nitrogens is 4. The van der Waals surface area contributed by atoms with Crippen molar-refractivity contribution in [3.05, 3.63) is 45.3 Å². The monoisotopic (exact) mass is 345 g/mol. The molecule has 132 valence electrons. The zero-order chi connectivity index (χ0) is 18.1. The maximum absolute atomic E-state index is 12.3. The Bertz CT molecular complexity index is 965. The van der Waals surface area contributed by atoms with E-state index in [1.165, 1.54) is 16.8 Å². The second kappa shape index (κ2) is 6.42. The predicted octanol–water partition coefficient (Wildman–Crippen LogP) is 1.44. The summed E-state index contributed by atoms with van der Waals surface area (Å²) in [6.45, 7) is 5.99. The number of hydrogen-bond acceptors (Lipinski definition) is 7.